The summed E-state index contributed by atoms with van der Waals surface area (Å²) in [6.07, 6.45) is 2.87. The number of nitrogens with zero attached hydrogens (tertiary/aromatic N) is 2. The lowest BCUT2D eigenvalue weighted by Gasteiger charge is -2.34. The van der Waals surface area contributed by atoms with Gasteiger partial charge in [0, 0.05) is 13.1 Å². The van der Waals surface area contributed by atoms with Gasteiger partial charge in [-0.25, -0.2) is 8.42 Å². The number of carbonyl (C=O) groups is 1. The van der Waals surface area contributed by atoms with Gasteiger partial charge in [-0.1, -0.05) is 0 Å². The fraction of sp³-hybridized carbons (Fsp3) is 0.600. The third-order valence-corrected chi connectivity index (χ3v) is 5.47. The number of rotatable bonds is 2. The number of nitrogens with one attached hydrogen (secondary N) is 2. The minimum Gasteiger partial charge on any atom is -0.354 e. The molecule has 2 fully saturated rings. The standard InChI is InChI=1S/C10H14N4O3S/c15-10-7-2-1-5-14(8(7)6-11-10)18(16,17)9-3-4-12-13-9/h3-4,7-8H,1-2,5-6H2,(H,11,15)(H,12,13). The van der Waals surface area contributed by atoms with Crippen LogP contribution in [0.1, 0.15) is 12.8 Å². The van der Waals surface area contributed by atoms with E-state index in [0.29, 0.717) is 19.5 Å². The summed E-state index contributed by atoms with van der Waals surface area (Å²) in [5.74, 6) is -0.249. The summed E-state index contributed by atoms with van der Waals surface area (Å²) in [6.45, 7) is 0.856. The first-order valence-corrected chi connectivity index (χ1v) is 7.33. The lowest BCUT2D eigenvalue weighted by molar-refractivity contribution is -0.123. The summed E-state index contributed by atoms with van der Waals surface area (Å²) in [6, 6.07) is 1.17. The number of amides is 1. The van der Waals surface area contributed by atoms with Crippen LogP contribution in [0.2, 0.25) is 0 Å². The van der Waals surface area contributed by atoms with Crippen LogP contribution in [-0.4, -0.2) is 48.0 Å². The molecule has 0 bridgehead atoms. The molecular formula is C10H14N4O3S. The van der Waals surface area contributed by atoms with Crippen LogP contribution in [0.5, 0.6) is 0 Å². The van der Waals surface area contributed by atoms with Crippen molar-refractivity contribution >= 4 is 15.9 Å². The highest BCUT2D eigenvalue weighted by Crippen LogP contribution is 2.31. The van der Waals surface area contributed by atoms with Gasteiger partial charge in [0.05, 0.1) is 18.2 Å². The van der Waals surface area contributed by atoms with E-state index in [2.05, 4.69) is 15.5 Å². The smallest absolute Gasteiger partial charge is 0.260 e. The average molecular weight is 270 g/mol. The molecule has 18 heavy (non-hydrogen) atoms. The van der Waals surface area contributed by atoms with Crippen molar-refractivity contribution in [1.82, 2.24) is 19.8 Å². The number of fused-ring (bicyclic) bond motifs is 1. The molecule has 2 saturated heterocycles. The molecule has 2 N–H and O–H groups in total. The summed E-state index contributed by atoms with van der Waals surface area (Å²) < 4.78 is 26.2. The van der Waals surface area contributed by atoms with Crippen molar-refractivity contribution in [3.63, 3.8) is 0 Å². The van der Waals surface area contributed by atoms with Crippen molar-refractivity contribution in [2.45, 2.75) is 23.9 Å². The first kappa shape index (κ1) is 11.7. The van der Waals surface area contributed by atoms with Crippen molar-refractivity contribution in [3.05, 3.63) is 12.3 Å². The van der Waals surface area contributed by atoms with E-state index in [1.807, 2.05) is 0 Å². The lowest BCUT2D eigenvalue weighted by Crippen LogP contribution is -2.48. The van der Waals surface area contributed by atoms with E-state index >= 15 is 0 Å². The third kappa shape index (κ3) is 1.64. The SMILES string of the molecule is O=C1NCC2C1CCCN2S(=O)(=O)c1ccn[nH]1. The van der Waals surface area contributed by atoms with Gasteiger partial charge in [0.1, 0.15) is 0 Å². The fourth-order valence-corrected chi connectivity index (χ4v) is 4.32. The second-order valence-corrected chi connectivity index (χ2v) is 6.46. The zero-order valence-corrected chi connectivity index (χ0v) is 10.5. The Hall–Kier alpha value is -1.41. The number of H-pyrrole nitrogens is 1. The van der Waals surface area contributed by atoms with Gasteiger partial charge >= 0.3 is 0 Å². The molecule has 2 aliphatic rings. The Morgan fingerprint density at radius 1 is 1.44 bits per heavy atom. The molecule has 2 aliphatic heterocycles. The van der Waals surface area contributed by atoms with Crippen LogP contribution < -0.4 is 5.32 Å². The minimum atomic E-state index is -3.57. The van der Waals surface area contributed by atoms with Crippen LogP contribution in [0.3, 0.4) is 0 Å². The van der Waals surface area contributed by atoms with E-state index in [0.717, 1.165) is 6.42 Å². The number of hydrogen-bond donors (Lipinski definition) is 2. The number of hydrogen-bond acceptors (Lipinski definition) is 4. The van der Waals surface area contributed by atoms with E-state index in [-0.39, 0.29) is 22.9 Å². The second kappa shape index (κ2) is 4.06. The molecule has 1 aromatic heterocycles. The predicted molar refractivity (Wildman–Crippen MR) is 62.0 cm³/mol. The molecule has 0 spiro atoms. The summed E-state index contributed by atoms with van der Waals surface area (Å²) >= 11 is 0. The fourth-order valence-electron chi connectivity index (χ4n) is 2.72. The van der Waals surface area contributed by atoms with Gasteiger partial charge in [0.2, 0.25) is 5.91 Å². The first-order valence-electron chi connectivity index (χ1n) is 5.89. The van der Waals surface area contributed by atoms with Crippen LogP contribution in [0.4, 0.5) is 0 Å². The molecule has 0 aromatic carbocycles. The average Bonchev–Trinajstić information content (AvgIpc) is 2.99. The van der Waals surface area contributed by atoms with Crippen LogP contribution >= 0.6 is 0 Å². The quantitative estimate of drug-likeness (QED) is 0.743. The number of sulfonamides is 1. The topological polar surface area (TPSA) is 95.2 Å². The molecule has 0 radical (unpaired) electrons. The van der Waals surface area contributed by atoms with E-state index in [1.165, 1.54) is 16.6 Å². The van der Waals surface area contributed by atoms with Gasteiger partial charge in [0.25, 0.3) is 10.0 Å². The Bertz CT molecular complexity index is 554. The van der Waals surface area contributed by atoms with Gasteiger partial charge in [-0.15, -0.1) is 0 Å². The van der Waals surface area contributed by atoms with Crippen LogP contribution in [0.15, 0.2) is 17.3 Å². The van der Waals surface area contributed by atoms with Gasteiger partial charge in [-0.05, 0) is 18.9 Å². The number of piperidine rings is 1. The molecule has 3 heterocycles. The molecule has 1 amide bonds. The summed E-state index contributed by atoms with van der Waals surface area (Å²) in [5, 5.41) is 8.97. The van der Waals surface area contributed by atoms with Crippen molar-refractivity contribution in [3.8, 4) is 0 Å². The summed E-state index contributed by atoms with van der Waals surface area (Å²) in [4.78, 5) is 11.6. The Kier molecular flexibility index (Phi) is 2.63. The maximum absolute atomic E-state index is 12.4. The Balaban J connectivity index is 1.95. The number of aromatic nitrogens is 2. The van der Waals surface area contributed by atoms with Crippen LogP contribution in [0.25, 0.3) is 0 Å². The highest BCUT2D eigenvalue weighted by Gasteiger charge is 2.45. The highest BCUT2D eigenvalue weighted by atomic mass is 32.2. The Morgan fingerprint density at radius 3 is 3.00 bits per heavy atom. The van der Waals surface area contributed by atoms with Gasteiger partial charge in [-0.2, -0.15) is 9.40 Å². The van der Waals surface area contributed by atoms with Gasteiger partial charge in [-0.3, -0.25) is 9.89 Å². The van der Waals surface area contributed by atoms with E-state index < -0.39 is 10.0 Å². The van der Waals surface area contributed by atoms with Crippen molar-refractivity contribution in [2.75, 3.05) is 13.1 Å². The monoisotopic (exact) mass is 270 g/mol. The molecule has 2 atom stereocenters. The largest absolute Gasteiger partial charge is 0.354 e. The molecule has 3 rings (SSSR count). The molecule has 7 nitrogen and oxygen atoms in total. The maximum atomic E-state index is 12.4. The molecule has 98 valence electrons. The summed E-state index contributed by atoms with van der Waals surface area (Å²) in [7, 11) is -3.57. The van der Waals surface area contributed by atoms with Gasteiger partial charge in [0.15, 0.2) is 5.03 Å². The minimum absolute atomic E-state index is 0.0375. The molecule has 0 saturated carbocycles. The van der Waals surface area contributed by atoms with E-state index in [1.54, 1.807) is 0 Å². The van der Waals surface area contributed by atoms with E-state index in [4.69, 9.17) is 0 Å². The normalized spacial score (nSPS) is 29.0. The Labute approximate surface area is 105 Å². The zero-order valence-electron chi connectivity index (χ0n) is 9.67. The highest BCUT2D eigenvalue weighted by molar-refractivity contribution is 7.89. The van der Waals surface area contributed by atoms with Crippen LogP contribution in [0, 0.1) is 5.92 Å². The zero-order chi connectivity index (χ0) is 12.8. The van der Waals surface area contributed by atoms with Crippen molar-refractivity contribution in [2.24, 2.45) is 5.92 Å². The van der Waals surface area contributed by atoms with Gasteiger partial charge < -0.3 is 5.32 Å². The molecular weight excluding hydrogens is 256 g/mol. The number of carbonyl (C=O) groups excluding carboxylic acids is 1. The maximum Gasteiger partial charge on any atom is 0.260 e. The molecule has 2 unspecified atom stereocenters. The predicted octanol–water partition coefficient (Wildman–Crippen LogP) is -0.691. The first-order chi connectivity index (χ1) is 8.60. The number of aromatic amines is 1. The van der Waals surface area contributed by atoms with Crippen LogP contribution in [-0.2, 0) is 14.8 Å². The Morgan fingerprint density at radius 2 is 2.28 bits per heavy atom. The third-order valence-electron chi connectivity index (χ3n) is 3.61. The van der Waals surface area contributed by atoms with E-state index in [9.17, 15) is 13.2 Å². The second-order valence-electron chi connectivity index (χ2n) is 4.60. The molecule has 0 aliphatic carbocycles. The molecule has 8 heteroatoms. The lowest BCUT2D eigenvalue weighted by atomic mass is 9.93. The van der Waals surface area contributed by atoms with Crippen molar-refractivity contribution in [1.29, 1.82) is 0 Å². The van der Waals surface area contributed by atoms with Crippen molar-refractivity contribution < 1.29 is 13.2 Å². The molecule has 1 aromatic rings. The summed E-state index contributed by atoms with van der Waals surface area (Å²) in [5.41, 5.74) is 0.